The maximum absolute atomic E-state index is 12.0. The second-order valence-corrected chi connectivity index (χ2v) is 4.03. The molecule has 0 spiro atoms. The summed E-state index contributed by atoms with van der Waals surface area (Å²) in [6.45, 7) is 2.84. The van der Waals surface area contributed by atoms with Gasteiger partial charge >= 0.3 is 0 Å². The van der Waals surface area contributed by atoms with Gasteiger partial charge in [-0.3, -0.25) is 9.78 Å². The van der Waals surface area contributed by atoms with Crippen molar-refractivity contribution in [3.63, 3.8) is 0 Å². The quantitative estimate of drug-likeness (QED) is 0.862. The number of hydrogen-bond acceptors (Lipinski definition) is 5. The number of amides is 1. The van der Waals surface area contributed by atoms with Gasteiger partial charge in [-0.05, 0) is 24.6 Å². The molecule has 0 aliphatic heterocycles. The van der Waals surface area contributed by atoms with Crippen molar-refractivity contribution in [2.75, 3.05) is 11.9 Å². The smallest absolute Gasteiger partial charge is 0.274 e. The second-order valence-electron chi connectivity index (χ2n) is 4.03. The third kappa shape index (κ3) is 3.52. The van der Waals surface area contributed by atoms with E-state index >= 15 is 0 Å². The predicted molar refractivity (Wildman–Crippen MR) is 75.5 cm³/mol. The van der Waals surface area contributed by atoms with E-state index in [-0.39, 0.29) is 5.91 Å². The van der Waals surface area contributed by atoms with Crippen molar-refractivity contribution < 1.29 is 9.53 Å². The van der Waals surface area contributed by atoms with Crippen molar-refractivity contribution in [3.8, 4) is 5.88 Å². The summed E-state index contributed by atoms with van der Waals surface area (Å²) in [5.74, 6) is 0.232. The third-order valence-corrected chi connectivity index (χ3v) is 2.58. The average molecular weight is 272 g/mol. The minimum absolute atomic E-state index is 0.292. The van der Waals surface area contributed by atoms with Gasteiger partial charge in [0.15, 0.2) is 0 Å². The molecule has 0 fully saturated rings. The lowest BCUT2D eigenvalue weighted by Gasteiger charge is -2.06. The van der Waals surface area contributed by atoms with E-state index in [2.05, 4.69) is 15.3 Å². The van der Waals surface area contributed by atoms with Gasteiger partial charge in [-0.1, -0.05) is 6.07 Å². The second kappa shape index (κ2) is 6.63. The summed E-state index contributed by atoms with van der Waals surface area (Å²) in [7, 11) is 0. The van der Waals surface area contributed by atoms with Gasteiger partial charge in [0.05, 0.1) is 18.5 Å². The van der Waals surface area contributed by atoms with Crippen molar-refractivity contribution in [2.24, 2.45) is 5.73 Å². The van der Waals surface area contributed by atoms with Crippen LogP contribution in [-0.2, 0) is 6.54 Å². The molecule has 2 aromatic rings. The first-order valence-electron chi connectivity index (χ1n) is 6.28. The molecule has 0 unspecified atom stereocenters. The van der Waals surface area contributed by atoms with Crippen LogP contribution in [0.3, 0.4) is 0 Å². The van der Waals surface area contributed by atoms with E-state index in [0.717, 1.165) is 5.56 Å². The summed E-state index contributed by atoms with van der Waals surface area (Å²) >= 11 is 0. The van der Waals surface area contributed by atoms with E-state index < -0.39 is 0 Å². The normalized spacial score (nSPS) is 10.1. The number of pyridine rings is 2. The van der Waals surface area contributed by atoms with Gasteiger partial charge < -0.3 is 15.8 Å². The standard InChI is InChI=1S/C14H16N4O2/c1-2-20-13-6-4-11(9-17-13)18-14(19)12-5-3-10(7-15)8-16-12/h3-6,8-9H,2,7,15H2,1H3,(H,18,19). The number of hydrogen-bond donors (Lipinski definition) is 2. The minimum Gasteiger partial charge on any atom is -0.478 e. The van der Waals surface area contributed by atoms with Crippen LogP contribution in [0, 0.1) is 0 Å². The molecular weight excluding hydrogens is 256 g/mol. The van der Waals surface area contributed by atoms with E-state index in [4.69, 9.17) is 10.5 Å². The lowest BCUT2D eigenvalue weighted by atomic mass is 10.2. The van der Waals surface area contributed by atoms with E-state index in [1.54, 1.807) is 30.5 Å². The lowest BCUT2D eigenvalue weighted by Crippen LogP contribution is -2.14. The number of carbonyl (C=O) groups excluding carboxylic acids is 1. The molecular formula is C14H16N4O2. The Bertz CT molecular complexity index is 567. The molecule has 0 aliphatic carbocycles. The van der Waals surface area contributed by atoms with Gasteiger partial charge in [-0.25, -0.2) is 4.98 Å². The van der Waals surface area contributed by atoms with Crippen molar-refractivity contribution in [1.29, 1.82) is 0 Å². The summed E-state index contributed by atoms with van der Waals surface area (Å²) in [6.07, 6.45) is 3.13. The van der Waals surface area contributed by atoms with Crippen LogP contribution in [0.25, 0.3) is 0 Å². The largest absolute Gasteiger partial charge is 0.478 e. The van der Waals surface area contributed by atoms with E-state index in [1.807, 2.05) is 6.92 Å². The number of anilines is 1. The van der Waals surface area contributed by atoms with Crippen LogP contribution in [0.4, 0.5) is 5.69 Å². The number of ether oxygens (including phenoxy) is 1. The molecule has 2 rings (SSSR count). The van der Waals surface area contributed by atoms with Crippen LogP contribution in [0.15, 0.2) is 36.7 Å². The summed E-state index contributed by atoms with van der Waals surface area (Å²) in [6, 6.07) is 6.84. The Morgan fingerprint density at radius 1 is 1.25 bits per heavy atom. The van der Waals surface area contributed by atoms with Gasteiger partial charge in [0.2, 0.25) is 5.88 Å². The molecule has 3 N–H and O–H groups in total. The number of nitrogens with two attached hydrogens (primary N) is 1. The van der Waals surface area contributed by atoms with Crippen LogP contribution in [-0.4, -0.2) is 22.5 Å². The zero-order chi connectivity index (χ0) is 14.4. The Balaban J connectivity index is 2.02. The molecule has 2 aromatic heterocycles. The number of nitrogens with zero attached hydrogens (tertiary/aromatic N) is 2. The highest BCUT2D eigenvalue weighted by molar-refractivity contribution is 6.02. The van der Waals surface area contributed by atoms with Crippen LogP contribution >= 0.6 is 0 Å². The Kier molecular flexibility index (Phi) is 4.62. The van der Waals surface area contributed by atoms with Crippen LogP contribution in [0.2, 0.25) is 0 Å². The minimum atomic E-state index is -0.292. The Labute approximate surface area is 117 Å². The monoisotopic (exact) mass is 272 g/mol. The molecule has 0 saturated heterocycles. The fraction of sp³-hybridized carbons (Fsp3) is 0.214. The first kappa shape index (κ1) is 14.0. The third-order valence-electron chi connectivity index (χ3n) is 2.58. The Morgan fingerprint density at radius 2 is 2.10 bits per heavy atom. The molecule has 6 heteroatoms. The zero-order valence-electron chi connectivity index (χ0n) is 11.2. The molecule has 6 nitrogen and oxygen atoms in total. The highest BCUT2D eigenvalue weighted by Crippen LogP contribution is 2.12. The summed E-state index contributed by atoms with van der Waals surface area (Å²) < 4.78 is 5.23. The van der Waals surface area contributed by atoms with E-state index in [0.29, 0.717) is 30.4 Å². The average Bonchev–Trinajstić information content (AvgIpc) is 2.49. The Morgan fingerprint density at radius 3 is 2.65 bits per heavy atom. The van der Waals surface area contributed by atoms with Gasteiger partial charge in [-0.2, -0.15) is 0 Å². The maximum Gasteiger partial charge on any atom is 0.274 e. The number of carbonyl (C=O) groups is 1. The first-order chi connectivity index (χ1) is 9.72. The summed E-state index contributed by atoms with van der Waals surface area (Å²) in [4.78, 5) is 20.1. The summed E-state index contributed by atoms with van der Waals surface area (Å²) in [5, 5.41) is 2.71. The van der Waals surface area contributed by atoms with Crippen molar-refractivity contribution >= 4 is 11.6 Å². The highest BCUT2D eigenvalue weighted by Gasteiger charge is 2.07. The van der Waals surface area contributed by atoms with Crippen molar-refractivity contribution in [1.82, 2.24) is 9.97 Å². The molecule has 0 saturated carbocycles. The molecule has 1 amide bonds. The van der Waals surface area contributed by atoms with Crippen molar-refractivity contribution in [2.45, 2.75) is 13.5 Å². The van der Waals surface area contributed by atoms with Crippen molar-refractivity contribution in [3.05, 3.63) is 47.9 Å². The molecule has 0 radical (unpaired) electrons. The fourth-order valence-electron chi connectivity index (χ4n) is 1.56. The first-order valence-corrected chi connectivity index (χ1v) is 6.28. The maximum atomic E-state index is 12.0. The number of aromatic nitrogens is 2. The molecule has 0 bridgehead atoms. The predicted octanol–water partition coefficient (Wildman–Crippen LogP) is 1.59. The molecule has 0 aliphatic rings. The van der Waals surface area contributed by atoms with Gasteiger partial charge in [0.25, 0.3) is 5.91 Å². The SMILES string of the molecule is CCOc1ccc(NC(=O)c2ccc(CN)cn2)cn1. The van der Waals surface area contributed by atoms with Gasteiger partial charge in [0, 0.05) is 18.8 Å². The summed E-state index contributed by atoms with van der Waals surface area (Å²) in [5.41, 5.74) is 7.27. The van der Waals surface area contributed by atoms with Gasteiger partial charge in [-0.15, -0.1) is 0 Å². The van der Waals surface area contributed by atoms with Crippen LogP contribution < -0.4 is 15.8 Å². The molecule has 2 heterocycles. The van der Waals surface area contributed by atoms with E-state index in [1.165, 1.54) is 6.20 Å². The Hall–Kier alpha value is -2.47. The molecule has 104 valence electrons. The fourth-order valence-corrected chi connectivity index (χ4v) is 1.56. The molecule has 20 heavy (non-hydrogen) atoms. The van der Waals surface area contributed by atoms with Crippen LogP contribution in [0.1, 0.15) is 23.0 Å². The number of nitrogens with one attached hydrogen (secondary N) is 1. The highest BCUT2D eigenvalue weighted by atomic mass is 16.5. The van der Waals surface area contributed by atoms with E-state index in [9.17, 15) is 4.79 Å². The molecule has 0 aromatic carbocycles. The zero-order valence-corrected chi connectivity index (χ0v) is 11.2. The topological polar surface area (TPSA) is 90.1 Å². The number of rotatable bonds is 5. The lowest BCUT2D eigenvalue weighted by molar-refractivity contribution is 0.102. The molecule has 0 atom stereocenters. The van der Waals surface area contributed by atoms with Gasteiger partial charge in [0.1, 0.15) is 5.69 Å². The van der Waals surface area contributed by atoms with Crippen LogP contribution in [0.5, 0.6) is 5.88 Å².